The first-order valence-electron chi connectivity index (χ1n) is 5.74. The van der Waals surface area contributed by atoms with Crippen LogP contribution in [0.2, 0.25) is 0 Å². The minimum atomic E-state index is 0.172. The number of hydrogen-bond acceptors (Lipinski definition) is 3. The number of carbonyl (C=O) groups is 1. The zero-order valence-electron chi connectivity index (χ0n) is 9.52. The summed E-state index contributed by atoms with van der Waals surface area (Å²) < 4.78 is 11.5. The van der Waals surface area contributed by atoms with Crippen LogP contribution in [-0.2, 0) is 9.47 Å². The summed E-state index contributed by atoms with van der Waals surface area (Å²) >= 11 is 3.35. The molecule has 0 spiro atoms. The third kappa shape index (κ3) is 3.91. The van der Waals surface area contributed by atoms with Gasteiger partial charge in [-0.15, -0.1) is 0 Å². The summed E-state index contributed by atoms with van der Waals surface area (Å²) in [5.41, 5.74) is 0.764. The van der Waals surface area contributed by atoms with Crippen molar-refractivity contribution in [2.75, 3.05) is 19.8 Å². The van der Waals surface area contributed by atoms with Crippen LogP contribution in [0.3, 0.4) is 0 Å². The predicted molar refractivity (Wildman–Crippen MR) is 68.3 cm³/mol. The van der Waals surface area contributed by atoms with Crippen molar-refractivity contribution in [3.8, 4) is 0 Å². The zero-order chi connectivity index (χ0) is 12.1. The molecule has 4 heteroatoms. The molecule has 0 aromatic heterocycles. The third-order valence-electron chi connectivity index (χ3n) is 2.68. The van der Waals surface area contributed by atoms with Gasteiger partial charge in [-0.2, -0.15) is 0 Å². The minimum absolute atomic E-state index is 0.172. The highest BCUT2D eigenvalue weighted by Gasteiger charge is 2.18. The second kappa shape index (κ2) is 6.28. The van der Waals surface area contributed by atoms with Gasteiger partial charge in [0.15, 0.2) is 5.78 Å². The Bertz CT molecular complexity index is 371. The van der Waals surface area contributed by atoms with Crippen molar-refractivity contribution in [3.63, 3.8) is 0 Å². The summed E-state index contributed by atoms with van der Waals surface area (Å²) in [4.78, 5) is 11.8. The lowest BCUT2D eigenvalue weighted by Gasteiger charge is -2.25. The van der Waals surface area contributed by atoms with Crippen molar-refractivity contribution < 1.29 is 14.3 Å². The van der Waals surface area contributed by atoms with Crippen LogP contribution in [-0.4, -0.2) is 31.7 Å². The van der Waals surface area contributed by atoms with Crippen molar-refractivity contribution in [2.45, 2.75) is 18.9 Å². The number of rotatable bonds is 6. The second-order valence-corrected chi connectivity index (χ2v) is 4.98. The lowest BCUT2D eigenvalue weighted by atomic mass is 10.1. The van der Waals surface area contributed by atoms with Crippen LogP contribution >= 0.6 is 15.9 Å². The van der Waals surface area contributed by atoms with Crippen LogP contribution in [0, 0.1) is 0 Å². The van der Waals surface area contributed by atoms with Gasteiger partial charge in [0.1, 0.15) is 6.10 Å². The highest BCUT2D eigenvalue weighted by Crippen LogP contribution is 2.13. The number of Topliss-reactive ketones (excluding diaryl/α,β-unsaturated/α-hetero) is 1. The van der Waals surface area contributed by atoms with E-state index < -0.39 is 0 Å². The molecule has 0 N–H and O–H groups in total. The molecule has 0 radical (unpaired) electrons. The minimum Gasteiger partial charge on any atom is -0.376 e. The molecule has 2 rings (SSSR count). The van der Waals surface area contributed by atoms with E-state index in [0.29, 0.717) is 26.2 Å². The van der Waals surface area contributed by atoms with Gasteiger partial charge < -0.3 is 9.47 Å². The zero-order valence-corrected chi connectivity index (χ0v) is 11.1. The Balaban J connectivity index is 1.67. The van der Waals surface area contributed by atoms with Crippen LogP contribution < -0.4 is 0 Å². The first-order chi connectivity index (χ1) is 8.25. The molecule has 1 heterocycles. The maximum atomic E-state index is 11.8. The van der Waals surface area contributed by atoms with Gasteiger partial charge in [0.25, 0.3) is 0 Å². The molecule has 0 aliphatic carbocycles. The van der Waals surface area contributed by atoms with Crippen molar-refractivity contribution in [1.29, 1.82) is 0 Å². The fraction of sp³-hybridized carbons (Fsp3) is 0.462. The van der Waals surface area contributed by atoms with Gasteiger partial charge >= 0.3 is 0 Å². The van der Waals surface area contributed by atoms with Crippen LogP contribution in [0.4, 0.5) is 0 Å². The van der Waals surface area contributed by atoms with Gasteiger partial charge in [-0.1, -0.05) is 28.1 Å². The normalized spacial score (nSPS) is 15.6. The Kier molecular flexibility index (Phi) is 4.71. The summed E-state index contributed by atoms with van der Waals surface area (Å²) in [6.07, 6.45) is 1.55. The van der Waals surface area contributed by atoms with Gasteiger partial charge in [0, 0.05) is 23.1 Å². The summed E-state index contributed by atoms with van der Waals surface area (Å²) in [5.74, 6) is 0.172. The van der Waals surface area contributed by atoms with E-state index in [-0.39, 0.29) is 11.9 Å². The number of ether oxygens (including phenoxy) is 2. The number of benzene rings is 1. The third-order valence-corrected chi connectivity index (χ3v) is 3.20. The molecule has 17 heavy (non-hydrogen) atoms. The first kappa shape index (κ1) is 12.7. The largest absolute Gasteiger partial charge is 0.376 e. The number of hydrogen-bond donors (Lipinski definition) is 0. The molecule has 0 unspecified atom stereocenters. The molecule has 0 bridgehead atoms. The van der Waals surface area contributed by atoms with Crippen LogP contribution in [0.5, 0.6) is 0 Å². The van der Waals surface area contributed by atoms with E-state index in [1.165, 1.54) is 0 Å². The molecule has 0 atom stereocenters. The Morgan fingerprint density at radius 2 is 2.06 bits per heavy atom. The van der Waals surface area contributed by atoms with Crippen LogP contribution in [0.1, 0.15) is 23.2 Å². The van der Waals surface area contributed by atoms with Gasteiger partial charge in [0.2, 0.25) is 0 Å². The Morgan fingerprint density at radius 1 is 1.35 bits per heavy atom. The van der Waals surface area contributed by atoms with E-state index in [4.69, 9.17) is 9.47 Å². The molecule has 1 aromatic rings. The van der Waals surface area contributed by atoms with Crippen molar-refractivity contribution >= 4 is 21.7 Å². The number of halogens is 1. The van der Waals surface area contributed by atoms with Gasteiger partial charge in [-0.05, 0) is 18.6 Å². The van der Waals surface area contributed by atoms with E-state index in [2.05, 4.69) is 15.9 Å². The number of carbonyl (C=O) groups excluding carboxylic acids is 1. The predicted octanol–water partition coefficient (Wildman–Crippen LogP) is 2.83. The van der Waals surface area contributed by atoms with Gasteiger partial charge in [-0.3, -0.25) is 4.79 Å². The first-order valence-corrected chi connectivity index (χ1v) is 6.53. The second-order valence-electron chi connectivity index (χ2n) is 4.06. The summed E-state index contributed by atoms with van der Waals surface area (Å²) in [7, 11) is 0. The topological polar surface area (TPSA) is 35.5 Å². The van der Waals surface area contributed by atoms with E-state index >= 15 is 0 Å². The molecule has 1 aromatic carbocycles. The lowest BCUT2D eigenvalue weighted by molar-refractivity contribution is -0.129. The standard InChI is InChI=1S/C13H15BrO3/c14-11-5-3-10(4-6-11)13(15)2-1-7-17-12-8-16-9-12/h3-6,12H,1-2,7-9H2. The molecule has 1 saturated heterocycles. The van der Waals surface area contributed by atoms with Crippen molar-refractivity contribution in [3.05, 3.63) is 34.3 Å². The SMILES string of the molecule is O=C(CCCOC1COC1)c1ccc(Br)cc1. The molecule has 1 aliphatic heterocycles. The number of ketones is 1. The smallest absolute Gasteiger partial charge is 0.162 e. The van der Waals surface area contributed by atoms with Crippen molar-refractivity contribution in [1.82, 2.24) is 0 Å². The Labute approximate surface area is 109 Å². The molecule has 1 fully saturated rings. The molecule has 0 amide bonds. The summed E-state index contributed by atoms with van der Waals surface area (Å²) in [5, 5.41) is 0. The van der Waals surface area contributed by atoms with E-state index in [1.54, 1.807) is 0 Å². The van der Waals surface area contributed by atoms with Gasteiger partial charge in [0.05, 0.1) is 13.2 Å². The Hall–Kier alpha value is -0.710. The van der Waals surface area contributed by atoms with E-state index in [1.807, 2.05) is 24.3 Å². The molecular formula is C13H15BrO3. The average molecular weight is 299 g/mol. The molecule has 1 aliphatic rings. The van der Waals surface area contributed by atoms with Crippen LogP contribution in [0.15, 0.2) is 28.7 Å². The Morgan fingerprint density at radius 3 is 2.65 bits per heavy atom. The summed E-state index contributed by atoms with van der Waals surface area (Å²) in [6.45, 7) is 2.03. The maximum Gasteiger partial charge on any atom is 0.162 e. The van der Waals surface area contributed by atoms with Crippen molar-refractivity contribution in [2.24, 2.45) is 0 Å². The maximum absolute atomic E-state index is 11.8. The molecular weight excluding hydrogens is 284 g/mol. The average Bonchev–Trinajstić information content (AvgIpc) is 2.27. The lowest BCUT2D eigenvalue weighted by Crippen LogP contribution is -2.36. The quantitative estimate of drug-likeness (QED) is 0.598. The molecule has 3 nitrogen and oxygen atoms in total. The summed E-state index contributed by atoms with van der Waals surface area (Å²) in [6, 6.07) is 7.45. The molecule has 0 saturated carbocycles. The van der Waals surface area contributed by atoms with Crippen LogP contribution in [0.25, 0.3) is 0 Å². The van der Waals surface area contributed by atoms with E-state index in [9.17, 15) is 4.79 Å². The van der Waals surface area contributed by atoms with Gasteiger partial charge in [-0.25, -0.2) is 0 Å². The fourth-order valence-electron chi connectivity index (χ4n) is 1.57. The van der Waals surface area contributed by atoms with E-state index in [0.717, 1.165) is 16.5 Å². The monoisotopic (exact) mass is 298 g/mol. The molecule has 92 valence electrons. The highest BCUT2D eigenvalue weighted by atomic mass is 79.9. The highest BCUT2D eigenvalue weighted by molar-refractivity contribution is 9.10. The fourth-order valence-corrected chi connectivity index (χ4v) is 1.84.